The number of hydrogen-bond acceptors (Lipinski definition) is 2. The van der Waals surface area contributed by atoms with Gasteiger partial charge in [-0.3, -0.25) is 4.90 Å². The molecule has 1 aliphatic heterocycles. The smallest absolute Gasteiger partial charge is 0.317 e. The Bertz CT molecular complexity index is 1060. The van der Waals surface area contributed by atoms with Crippen LogP contribution in [-0.4, -0.2) is 27.5 Å². The van der Waals surface area contributed by atoms with Crippen LogP contribution in [0.3, 0.4) is 0 Å². The second kappa shape index (κ2) is 8.14. The molecule has 0 N–H and O–H groups in total. The Morgan fingerprint density at radius 3 is 2.23 bits per heavy atom. The monoisotopic (exact) mass is 449 g/mol. The third kappa shape index (κ3) is 4.75. The standard InChI is InChI=1S/C24H27ClF3N3/c1-23(2,3)17-6-4-16(5-7-17)15-30-12-10-19(11-13-30)31-21-14-18(25)8-9-20(21)29-22(31)24(26,27)28/h4-9,14,19H,10-13,15H2,1-3H3. The minimum absolute atomic E-state index is 0.115. The van der Waals surface area contributed by atoms with Gasteiger partial charge in [0, 0.05) is 30.7 Å². The lowest BCUT2D eigenvalue weighted by molar-refractivity contribution is -0.148. The van der Waals surface area contributed by atoms with Crippen molar-refractivity contribution in [3.63, 3.8) is 0 Å². The molecule has 0 amide bonds. The molecule has 0 spiro atoms. The molecule has 3 nitrogen and oxygen atoms in total. The van der Waals surface area contributed by atoms with Gasteiger partial charge in [-0.1, -0.05) is 56.6 Å². The average Bonchev–Trinajstić information content (AvgIpc) is 3.07. The van der Waals surface area contributed by atoms with Gasteiger partial charge in [0.05, 0.1) is 11.0 Å². The van der Waals surface area contributed by atoms with Gasteiger partial charge in [-0.15, -0.1) is 0 Å². The predicted octanol–water partition coefficient (Wildman–Crippen LogP) is 6.84. The van der Waals surface area contributed by atoms with Crippen LogP contribution < -0.4 is 0 Å². The van der Waals surface area contributed by atoms with E-state index in [4.69, 9.17) is 11.6 Å². The van der Waals surface area contributed by atoms with Gasteiger partial charge < -0.3 is 4.57 Å². The minimum atomic E-state index is -4.50. The van der Waals surface area contributed by atoms with Crippen LogP contribution in [0.15, 0.2) is 42.5 Å². The lowest BCUT2D eigenvalue weighted by Crippen LogP contribution is -2.35. The van der Waals surface area contributed by atoms with Gasteiger partial charge >= 0.3 is 6.18 Å². The van der Waals surface area contributed by atoms with Crippen molar-refractivity contribution in [1.29, 1.82) is 0 Å². The summed E-state index contributed by atoms with van der Waals surface area (Å²) in [4.78, 5) is 6.19. The zero-order valence-electron chi connectivity index (χ0n) is 18.0. The highest BCUT2D eigenvalue weighted by Gasteiger charge is 2.40. The number of hydrogen-bond donors (Lipinski definition) is 0. The molecule has 166 valence electrons. The second-order valence-corrected chi connectivity index (χ2v) is 9.83. The Hall–Kier alpha value is -2.05. The zero-order valence-corrected chi connectivity index (χ0v) is 18.8. The molecule has 1 aliphatic rings. The van der Waals surface area contributed by atoms with Gasteiger partial charge in [-0.05, 0) is 47.6 Å². The van der Waals surface area contributed by atoms with Crippen molar-refractivity contribution in [3.05, 3.63) is 64.4 Å². The van der Waals surface area contributed by atoms with Gasteiger partial charge in [0.25, 0.3) is 0 Å². The van der Waals surface area contributed by atoms with Gasteiger partial charge in [0.1, 0.15) is 0 Å². The van der Waals surface area contributed by atoms with Crippen molar-refractivity contribution in [2.24, 2.45) is 0 Å². The first-order valence-electron chi connectivity index (χ1n) is 10.6. The van der Waals surface area contributed by atoms with Crippen molar-refractivity contribution < 1.29 is 13.2 Å². The minimum Gasteiger partial charge on any atom is -0.317 e. The van der Waals surface area contributed by atoms with Crippen molar-refractivity contribution >= 4 is 22.6 Å². The first kappa shape index (κ1) is 22.2. The molecule has 31 heavy (non-hydrogen) atoms. The number of aromatic nitrogens is 2. The molecular formula is C24H27ClF3N3. The van der Waals surface area contributed by atoms with E-state index in [1.807, 2.05) is 0 Å². The summed E-state index contributed by atoms with van der Waals surface area (Å²) in [7, 11) is 0. The number of fused-ring (bicyclic) bond motifs is 1. The van der Waals surface area contributed by atoms with Crippen LogP contribution in [0.5, 0.6) is 0 Å². The summed E-state index contributed by atoms with van der Waals surface area (Å²) in [6, 6.07) is 13.1. The average molecular weight is 450 g/mol. The number of benzene rings is 2. The fourth-order valence-corrected chi connectivity index (χ4v) is 4.51. The Kier molecular flexibility index (Phi) is 5.81. The SMILES string of the molecule is CC(C)(C)c1ccc(CN2CCC(n3c(C(F)(F)F)nc4ccc(Cl)cc43)CC2)cc1. The number of likely N-dealkylation sites (tertiary alicyclic amines) is 1. The fourth-order valence-electron chi connectivity index (χ4n) is 4.34. The summed E-state index contributed by atoms with van der Waals surface area (Å²) in [5, 5.41) is 0.415. The van der Waals surface area contributed by atoms with E-state index in [2.05, 4.69) is 54.9 Å². The van der Waals surface area contributed by atoms with E-state index in [9.17, 15) is 13.2 Å². The van der Waals surface area contributed by atoms with Crippen molar-refractivity contribution in [1.82, 2.24) is 14.5 Å². The molecule has 1 fully saturated rings. The molecule has 2 aromatic carbocycles. The van der Waals surface area contributed by atoms with E-state index >= 15 is 0 Å². The van der Waals surface area contributed by atoms with Crippen molar-refractivity contribution in [2.45, 2.75) is 57.8 Å². The maximum atomic E-state index is 13.7. The topological polar surface area (TPSA) is 21.1 Å². The van der Waals surface area contributed by atoms with Gasteiger partial charge in [-0.25, -0.2) is 4.98 Å². The third-order valence-electron chi connectivity index (χ3n) is 6.05. The molecule has 0 bridgehead atoms. The lowest BCUT2D eigenvalue weighted by atomic mass is 9.86. The molecule has 4 rings (SSSR count). The molecule has 0 saturated carbocycles. The summed E-state index contributed by atoms with van der Waals surface area (Å²) in [5.41, 5.74) is 3.42. The molecule has 2 heterocycles. The Morgan fingerprint density at radius 2 is 1.65 bits per heavy atom. The van der Waals surface area contributed by atoms with E-state index < -0.39 is 12.0 Å². The highest BCUT2D eigenvalue weighted by atomic mass is 35.5. The van der Waals surface area contributed by atoms with Crippen LogP contribution >= 0.6 is 11.6 Å². The Labute approximate surface area is 185 Å². The van der Waals surface area contributed by atoms with E-state index in [0.717, 1.165) is 19.6 Å². The van der Waals surface area contributed by atoms with Crippen LogP contribution in [0.2, 0.25) is 5.02 Å². The van der Waals surface area contributed by atoms with Crippen LogP contribution in [0.25, 0.3) is 11.0 Å². The Morgan fingerprint density at radius 1 is 1.00 bits per heavy atom. The molecule has 0 atom stereocenters. The number of alkyl halides is 3. The van der Waals surface area contributed by atoms with Crippen molar-refractivity contribution in [2.75, 3.05) is 13.1 Å². The first-order chi connectivity index (χ1) is 14.5. The van der Waals surface area contributed by atoms with E-state index in [1.165, 1.54) is 15.7 Å². The van der Waals surface area contributed by atoms with E-state index in [0.29, 0.717) is 28.9 Å². The number of piperidine rings is 1. The molecule has 0 unspecified atom stereocenters. The molecule has 3 aromatic rings. The number of nitrogens with zero attached hydrogens (tertiary/aromatic N) is 3. The quantitative estimate of drug-likeness (QED) is 0.436. The van der Waals surface area contributed by atoms with E-state index in [-0.39, 0.29) is 11.5 Å². The molecule has 1 aromatic heterocycles. The number of rotatable bonds is 3. The van der Waals surface area contributed by atoms with Gasteiger partial charge in [0.2, 0.25) is 5.82 Å². The highest BCUT2D eigenvalue weighted by molar-refractivity contribution is 6.31. The van der Waals surface area contributed by atoms with Crippen LogP contribution in [-0.2, 0) is 18.1 Å². The molecule has 0 aliphatic carbocycles. The number of imidazole rings is 1. The predicted molar refractivity (Wildman–Crippen MR) is 118 cm³/mol. The largest absolute Gasteiger partial charge is 0.449 e. The fraction of sp³-hybridized carbons (Fsp3) is 0.458. The molecule has 0 radical (unpaired) electrons. The normalized spacial score (nSPS) is 16.9. The second-order valence-electron chi connectivity index (χ2n) is 9.39. The van der Waals surface area contributed by atoms with E-state index in [1.54, 1.807) is 18.2 Å². The Balaban J connectivity index is 1.50. The van der Waals surface area contributed by atoms with Gasteiger partial charge in [-0.2, -0.15) is 13.2 Å². The van der Waals surface area contributed by atoms with Crippen LogP contribution in [0.1, 0.15) is 56.6 Å². The summed E-state index contributed by atoms with van der Waals surface area (Å²) >= 11 is 6.08. The lowest BCUT2D eigenvalue weighted by Gasteiger charge is -2.34. The highest BCUT2D eigenvalue weighted by Crippen LogP contribution is 2.37. The maximum absolute atomic E-state index is 13.7. The van der Waals surface area contributed by atoms with Gasteiger partial charge in [0.15, 0.2) is 0 Å². The molecular weight excluding hydrogens is 423 g/mol. The summed E-state index contributed by atoms with van der Waals surface area (Å²) < 4.78 is 42.4. The molecule has 7 heteroatoms. The summed E-state index contributed by atoms with van der Waals surface area (Å²) in [6.07, 6.45) is -3.22. The summed E-state index contributed by atoms with van der Waals surface area (Å²) in [5.74, 6) is -0.832. The summed E-state index contributed by atoms with van der Waals surface area (Å²) in [6.45, 7) is 8.85. The van der Waals surface area contributed by atoms with Crippen LogP contribution in [0, 0.1) is 0 Å². The third-order valence-corrected chi connectivity index (χ3v) is 6.29. The first-order valence-corrected chi connectivity index (χ1v) is 11.0. The van der Waals surface area contributed by atoms with Crippen LogP contribution in [0.4, 0.5) is 13.2 Å². The maximum Gasteiger partial charge on any atom is 0.449 e. The van der Waals surface area contributed by atoms with Crippen molar-refractivity contribution in [3.8, 4) is 0 Å². The number of halogens is 4. The zero-order chi connectivity index (χ0) is 22.4. The molecule has 1 saturated heterocycles.